The minimum absolute atomic E-state index is 0.0282. The third kappa shape index (κ3) is 3.41. The van der Waals surface area contributed by atoms with Gasteiger partial charge in [-0.3, -0.25) is 4.79 Å². The molecule has 124 valence electrons. The average Bonchev–Trinajstić information content (AvgIpc) is 3.03. The molecule has 0 aliphatic carbocycles. The van der Waals surface area contributed by atoms with E-state index in [1.165, 1.54) is 0 Å². The molecule has 0 N–H and O–H groups in total. The molecule has 2 atom stereocenters. The van der Waals surface area contributed by atoms with Crippen molar-refractivity contribution < 1.29 is 18.7 Å². The molecule has 0 saturated carbocycles. The number of benzene rings is 1. The SMILES string of the molecule is CCCN(C(=O)[C@H]1COCCO1)[C@H](C)c1cc2ccccc2o1. The largest absolute Gasteiger partial charge is 0.459 e. The number of ether oxygens (including phenoxy) is 2. The maximum Gasteiger partial charge on any atom is 0.254 e. The summed E-state index contributed by atoms with van der Waals surface area (Å²) in [6, 6.07) is 9.75. The Morgan fingerprint density at radius 1 is 1.35 bits per heavy atom. The van der Waals surface area contributed by atoms with Crippen LogP contribution in [0.3, 0.4) is 0 Å². The lowest BCUT2D eigenvalue weighted by atomic mass is 10.1. The van der Waals surface area contributed by atoms with Gasteiger partial charge in [0, 0.05) is 11.9 Å². The first-order valence-electron chi connectivity index (χ1n) is 8.19. The van der Waals surface area contributed by atoms with Crippen molar-refractivity contribution in [3.63, 3.8) is 0 Å². The fourth-order valence-corrected chi connectivity index (χ4v) is 2.91. The first-order valence-corrected chi connectivity index (χ1v) is 8.19. The van der Waals surface area contributed by atoms with Crippen LogP contribution in [-0.2, 0) is 14.3 Å². The topological polar surface area (TPSA) is 51.9 Å². The van der Waals surface area contributed by atoms with Gasteiger partial charge in [-0.1, -0.05) is 25.1 Å². The zero-order valence-corrected chi connectivity index (χ0v) is 13.7. The highest BCUT2D eigenvalue weighted by Crippen LogP contribution is 2.28. The summed E-state index contributed by atoms with van der Waals surface area (Å²) in [5.41, 5.74) is 0.843. The van der Waals surface area contributed by atoms with Gasteiger partial charge in [-0.25, -0.2) is 0 Å². The van der Waals surface area contributed by atoms with Gasteiger partial charge in [0.05, 0.1) is 25.9 Å². The van der Waals surface area contributed by atoms with Gasteiger partial charge in [0.1, 0.15) is 11.3 Å². The zero-order chi connectivity index (χ0) is 16.2. The third-order valence-corrected chi connectivity index (χ3v) is 4.16. The van der Waals surface area contributed by atoms with E-state index in [4.69, 9.17) is 13.9 Å². The van der Waals surface area contributed by atoms with E-state index in [1.54, 1.807) is 0 Å². The van der Waals surface area contributed by atoms with Crippen LogP contribution in [0.4, 0.5) is 0 Å². The number of hydrogen-bond acceptors (Lipinski definition) is 4. The lowest BCUT2D eigenvalue weighted by molar-refractivity contribution is -0.160. The summed E-state index contributed by atoms with van der Waals surface area (Å²) in [4.78, 5) is 14.6. The molecule has 2 aromatic rings. The Kier molecular flexibility index (Phi) is 4.98. The van der Waals surface area contributed by atoms with Crippen molar-refractivity contribution in [1.29, 1.82) is 0 Å². The van der Waals surface area contributed by atoms with Crippen molar-refractivity contribution in [3.8, 4) is 0 Å². The molecule has 3 rings (SSSR count). The molecule has 1 aromatic carbocycles. The van der Waals surface area contributed by atoms with Crippen molar-refractivity contribution >= 4 is 16.9 Å². The van der Waals surface area contributed by atoms with E-state index in [9.17, 15) is 4.79 Å². The molecular weight excluding hydrogens is 294 g/mol. The van der Waals surface area contributed by atoms with Crippen LogP contribution in [0.25, 0.3) is 11.0 Å². The van der Waals surface area contributed by atoms with Gasteiger partial charge >= 0.3 is 0 Å². The first kappa shape index (κ1) is 16.0. The van der Waals surface area contributed by atoms with E-state index in [0.29, 0.717) is 26.4 Å². The van der Waals surface area contributed by atoms with Gasteiger partial charge in [0.25, 0.3) is 5.91 Å². The van der Waals surface area contributed by atoms with Crippen LogP contribution in [0.5, 0.6) is 0 Å². The fourth-order valence-electron chi connectivity index (χ4n) is 2.91. The summed E-state index contributed by atoms with van der Waals surface area (Å²) >= 11 is 0. The molecule has 1 aromatic heterocycles. The lowest BCUT2D eigenvalue weighted by Gasteiger charge is -2.32. The first-order chi connectivity index (χ1) is 11.2. The summed E-state index contributed by atoms with van der Waals surface area (Å²) in [6.07, 6.45) is 0.367. The van der Waals surface area contributed by atoms with E-state index in [-0.39, 0.29) is 11.9 Å². The number of fused-ring (bicyclic) bond motifs is 1. The molecule has 1 fully saturated rings. The number of nitrogens with zero attached hydrogens (tertiary/aromatic N) is 1. The molecule has 2 heterocycles. The second-order valence-electron chi connectivity index (χ2n) is 5.83. The lowest BCUT2D eigenvalue weighted by Crippen LogP contribution is -2.46. The molecule has 5 nitrogen and oxygen atoms in total. The Hall–Kier alpha value is -1.85. The maximum atomic E-state index is 12.8. The minimum Gasteiger partial charge on any atom is -0.459 e. The maximum absolute atomic E-state index is 12.8. The zero-order valence-electron chi connectivity index (χ0n) is 13.7. The van der Waals surface area contributed by atoms with Crippen molar-refractivity contribution in [1.82, 2.24) is 4.90 Å². The van der Waals surface area contributed by atoms with Crippen LogP contribution in [0.15, 0.2) is 34.7 Å². The normalized spacial score (nSPS) is 19.7. The standard InChI is InChI=1S/C18H23NO4/c1-3-8-19(18(20)17-12-21-9-10-22-17)13(2)16-11-14-6-4-5-7-15(14)23-16/h4-7,11,13,17H,3,8-10,12H2,1-2H3/t13-,17-/m1/s1. The van der Waals surface area contributed by atoms with Crippen molar-refractivity contribution in [3.05, 3.63) is 36.1 Å². The number of hydrogen-bond donors (Lipinski definition) is 0. The van der Waals surface area contributed by atoms with Crippen LogP contribution in [0, 0.1) is 0 Å². The van der Waals surface area contributed by atoms with Gasteiger partial charge in [0.15, 0.2) is 6.10 Å². The van der Waals surface area contributed by atoms with Gasteiger partial charge in [0.2, 0.25) is 0 Å². The molecule has 5 heteroatoms. The van der Waals surface area contributed by atoms with Gasteiger partial charge in [-0.05, 0) is 25.5 Å². The van der Waals surface area contributed by atoms with E-state index in [2.05, 4.69) is 6.92 Å². The molecule has 0 bridgehead atoms. The highest BCUT2D eigenvalue weighted by atomic mass is 16.6. The smallest absolute Gasteiger partial charge is 0.254 e. The fraction of sp³-hybridized carbons (Fsp3) is 0.500. The second-order valence-corrected chi connectivity index (χ2v) is 5.83. The van der Waals surface area contributed by atoms with Crippen LogP contribution in [-0.4, -0.2) is 43.3 Å². The Labute approximate surface area is 136 Å². The number of para-hydroxylation sites is 1. The van der Waals surface area contributed by atoms with Crippen LogP contribution in [0.2, 0.25) is 0 Å². The number of carbonyl (C=O) groups excluding carboxylic acids is 1. The predicted molar refractivity (Wildman–Crippen MR) is 87.2 cm³/mol. The number of amides is 1. The number of furan rings is 1. The minimum atomic E-state index is -0.512. The summed E-state index contributed by atoms with van der Waals surface area (Å²) in [6.45, 7) is 6.06. The average molecular weight is 317 g/mol. The van der Waals surface area contributed by atoms with E-state index in [0.717, 1.165) is 23.2 Å². The van der Waals surface area contributed by atoms with Crippen LogP contribution < -0.4 is 0 Å². The molecule has 0 radical (unpaired) electrons. The molecule has 1 saturated heterocycles. The Morgan fingerprint density at radius 2 is 2.17 bits per heavy atom. The van der Waals surface area contributed by atoms with Crippen molar-refractivity contribution in [2.24, 2.45) is 0 Å². The van der Waals surface area contributed by atoms with E-state index in [1.807, 2.05) is 42.2 Å². The molecule has 0 unspecified atom stereocenters. The monoisotopic (exact) mass is 317 g/mol. The molecule has 23 heavy (non-hydrogen) atoms. The van der Waals surface area contributed by atoms with Gasteiger partial charge in [-0.2, -0.15) is 0 Å². The molecule has 1 aliphatic heterocycles. The van der Waals surface area contributed by atoms with Gasteiger partial charge in [-0.15, -0.1) is 0 Å². The quantitative estimate of drug-likeness (QED) is 0.850. The molecular formula is C18H23NO4. The summed E-state index contributed by atoms with van der Waals surface area (Å²) in [5, 5.41) is 1.05. The Bertz CT molecular complexity index is 627. The van der Waals surface area contributed by atoms with E-state index < -0.39 is 6.10 Å². The highest BCUT2D eigenvalue weighted by Gasteiger charge is 2.31. The Balaban J connectivity index is 1.82. The second kappa shape index (κ2) is 7.15. The molecule has 1 aliphatic rings. The predicted octanol–water partition coefficient (Wildman–Crippen LogP) is 3.15. The Morgan fingerprint density at radius 3 is 2.87 bits per heavy atom. The van der Waals surface area contributed by atoms with Crippen LogP contribution in [0.1, 0.15) is 32.1 Å². The van der Waals surface area contributed by atoms with Gasteiger partial charge < -0.3 is 18.8 Å². The summed E-state index contributed by atoms with van der Waals surface area (Å²) in [5.74, 6) is 0.768. The summed E-state index contributed by atoms with van der Waals surface area (Å²) in [7, 11) is 0. The molecule has 1 amide bonds. The number of carbonyl (C=O) groups is 1. The highest BCUT2D eigenvalue weighted by molar-refractivity contribution is 5.82. The summed E-state index contributed by atoms with van der Waals surface area (Å²) < 4.78 is 16.9. The molecule has 0 spiro atoms. The van der Waals surface area contributed by atoms with Crippen molar-refractivity contribution in [2.45, 2.75) is 32.4 Å². The van der Waals surface area contributed by atoms with Crippen LogP contribution >= 0.6 is 0 Å². The van der Waals surface area contributed by atoms with Crippen molar-refractivity contribution in [2.75, 3.05) is 26.4 Å². The third-order valence-electron chi connectivity index (χ3n) is 4.16. The number of rotatable bonds is 5. The van der Waals surface area contributed by atoms with E-state index >= 15 is 0 Å².